The standard InChI is InChI=1S/C8H14N4O/c1-5(2)6-7(13)12(4)8(9-3)11-10-6/h5H,1-4H3,(H,9,11). The molecule has 1 aromatic rings. The van der Waals surface area contributed by atoms with Crippen LogP contribution in [0.15, 0.2) is 4.79 Å². The molecule has 0 radical (unpaired) electrons. The highest BCUT2D eigenvalue weighted by atomic mass is 16.1. The van der Waals surface area contributed by atoms with Crippen molar-refractivity contribution in [2.24, 2.45) is 7.05 Å². The SMILES string of the molecule is CNc1nnc(C(C)C)c(=O)n1C. The number of hydrogen-bond acceptors (Lipinski definition) is 4. The van der Waals surface area contributed by atoms with Crippen LogP contribution in [0.4, 0.5) is 5.95 Å². The topological polar surface area (TPSA) is 59.8 Å². The first-order valence-electron chi connectivity index (χ1n) is 4.19. The van der Waals surface area contributed by atoms with Crippen molar-refractivity contribution in [3.8, 4) is 0 Å². The molecular formula is C8H14N4O. The number of nitrogens with zero attached hydrogens (tertiary/aromatic N) is 3. The average molecular weight is 182 g/mol. The van der Waals surface area contributed by atoms with Crippen LogP contribution in [0.25, 0.3) is 0 Å². The molecule has 0 aliphatic carbocycles. The van der Waals surface area contributed by atoms with Crippen LogP contribution in [0, 0.1) is 0 Å². The second kappa shape index (κ2) is 3.55. The van der Waals surface area contributed by atoms with Crippen LogP contribution in [0.3, 0.4) is 0 Å². The van der Waals surface area contributed by atoms with E-state index in [0.29, 0.717) is 11.6 Å². The number of hydrogen-bond donors (Lipinski definition) is 1. The summed E-state index contributed by atoms with van der Waals surface area (Å²) in [7, 11) is 3.38. The van der Waals surface area contributed by atoms with Crippen LogP contribution >= 0.6 is 0 Å². The van der Waals surface area contributed by atoms with Crippen molar-refractivity contribution in [1.82, 2.24) is 14.8 Å². The number of nitrogens with one attached hydrogen (secondary N) is 1. The van der Waals surface area contributed by atoms with Gasteiger partial charge in [0.05, 0.1) is 0 Å². The van der Waals surface area contributed by atoms with E-state index in [1.54, 1.807) is 14.1 Å². The second-order valence-corrected chi connectivity index (χ2v) is 3.18. The Morgan fingerprint density at radius 1 is 1.38 bits per heavy atom. The fourth-order valence-electron chi connectivity index (χ4n) is 1.06. The van der Waals surface area contributed by atoms with Crippen LogP contribution in [-0.4, -0.2) is 21.8 Å². The summed E-state index contributed by atoms with van der Waals surface area (Å²) in [5.74, 6) is 0.589. The van der Waals surface area contributed by atoms with Gasteiger partial charge in [0.25, 0.3) is 5.56 Å². The lowest BCUT2D eigenvalue weighted by Gasteiger charge is -2.08. The maximum Gasteiger partial charge on any atom is 0.276 e. The third-order valence-electron chi connectivity index (χ3n) is 1.86. The molecule has 0 saturated carbocycles. The third kappa shape index (κ3) is 1.68. The van der Waals surface area contributed by atoms with Gasteiger partial charge in [-0.1, -0.05) is 13.8 Å². The van der Waals surface area contributed by atoms with Crippen molar-refractivity contribution in [2.45, 2.75) is 19.8 Å². The van der Waals surface area contributed by atoms with Gasteiger partial charge in [0, 0.05) is 20.0 Å². The molecule has 1 N–H and O–H groups in total. The number of aromatic nitrogens is 3. The molecule has 0 atom stereocenters. The Labute approximate surface area is 76.8 Å². The molecule has 0 spiro atoms. The minimum absolute atomic E-state index is 0.0886. The summed E-state index contributed by atoms with van der Waals surface area (Å²) in [5, 5.41) is 10.5. The first-order valence-corrected chi connectivity index (χ1v) is 4.19. The van der Waals surface area contributed by atoms with Gasteiger partial charge in [0.2, 0.25) is 5.95 Å². The highest BCUT2D eigenvalue weighted by Gasteiger charge is 2.10. The minimum Gasteiger partial charge on any atom is -0.357 e. The summed E-state index contributed by atoms with van der Waals surface area (Å²) in [6, 6.07) is 0. The normalized spacial score (nSPS) is 10.5. The van der Waals surface area contributed by atoms with Crippen molar-refractivity contribution in [3.05, 3.63) is 16.0 Å². The minimum atomic E-state index is -0.0886. The summed E-state index contributed by atoms with van der Waals surface area (Å²) < 4.78 is 1.46. The summed E-state index contributed by atoms with van der Waals surface area (Å²) in [4.78, 5) is 11.6. The van der Waals surface area contributed by atoms with Crippen LogP contribution in [0.1, 0.15) is 25.5 Å². The molecule has 1 aromatic heterocycles. The number of rotatable bonds is 2. The van der Waals surface area contributed by atoms with E-state index in [2.05, 4.69) is 15.5 Å². The van der Waals surface area contributed by atoms with Gasteiger partial charge >= 0.3 is 0 Å². The molecule has 1 heterocycles. The smallest absolute Gasteiger partial charge is 0.276 e. The molecule has 72 valence electrons. The van der Waals surface area contributed by atoms with E-state index in [1.807, 2.05) is 13.8 Å². The molecule has 0 bridgehead atoms. The van der Waals surface area contributed by atoms with Gasteiger partial charge in [-0.05, 0) is 0 Å². The summed E-state index contributed by atoms with van der Waals surface area (Å²) in [6.45, 7) is 3.84. The Bertz CT molecular complexity index is 356. The van der Waals surface area contributed by atoms with Crippen LogP contribution in [0.2, 0.25) is 0 Å². The average Bonchev–Trinajstić information content (AvgIpc) is 2.09. The van der Waals surface area contributed by atoms with E-state index in [1.165, 1.54) is 4.57 Å². The van der Waals surface area contributed by atoms with Gasteiger partial charge in [-0.25, -0.2) is 0 Å². The van der Waals surface area contributed by atoms with Crippen molar-refractivity contribution in [2.75, 3.05) is 12.4 Å². The molecule has 5 nitrogen and oxygen atoms in total. The van der Waals surface area contributed by atoms with Crippen molar-refractivity contribution in [3.63, 3.8) is 0 Å². The molecule has 0 aliphatic heterocycles. The molecule has 0 unspecified atom stereocenters. The van der Waals surface area contributed by atoms with Gasteiger partial charge in [0.1, 0.15) is 5.69 Å². The summed E-state index contributed by atoms with van der Waals surface area (Å²) in [5.41, 5.74) is 0.413. The van der Waals surface area contributed by atoms with Crippen LogP contribution < -0.4 is 10.9 Å². The maximum absolute atomic E-state index is 11.6. The Hall–Kier alpha value is -1.39. The molecule has 0 amide bonds. The van der Waals surface area contributed by atoms with Crippen molar-refractivity contribution < 1.29 is 0 Å². The lowest BCUT2D eigenvalue weighted by Crippen LogP contribution is -2.27. The highest BCUT2D eigenvalue weighted by Crippen LogP contribution is 2.05. The Morgan fingerprint density at radius 2 is 2.00 bits per heavy atom. The molecular weight excluding hydrogens is 168 g/mol. The first kappa shape index (κ1) is 9.70. The molecule has 13 heavy (non-hydrogen) atoms. The lowest BCUT2D eigenvalue weighted by atomic mass is 10.1. The zero-order valence-electron chi connectivity index (χ0n) is 8.33. The molecule has 5 heteroatoms. The fourth-order valence-corrected chi connectivity index (χ4v) is 1.06. The van der Waals surface area contributed by atoms with E-state index in [-0.39, 0.29) is 11.5 Å². The molecule has 0 aromatic carbocycles. The molecule has 0 aliphatic rings. The van der Waals surface area contributed by atoms with Gasteiger partial charge < -0.3 is 5.32 Å². The van der Waals surface area contributed by atoms with Gasteiger partial charge in [-0.15, -0.1) is 10.2 Å². The quantitative estimate of drug-likeness (QED) is 0.716. The van der Waals surface area contributed by atoms with Crippen molar-refractivity contribution >= 4 is 5.95 Å². The predicted molar refractivity (Wildman–Crippen MR) is 50.9 cm³/mol. The predicted octanol–water partition coefficient (Wildman–Crippen LogP) is 0.340. The largest absolute Gasteiger partial charge is 0.357 e. The summed E-state index contributed by atoms with van der Waals surface area (Å²) in [6.07, 6.45) is 0. The second-order valence-electron chi connectivity index (χ2n) is 3.18. The Balaban J connectivity index is 3.32. The zero-order chi connectivity index (χ0) is 10.0. The van der Waals surface area contributed by atoms with E-state index >= 15 is 0 Å². The van der Waals surface area contributed by atoms with E-state index in [9.17, 15) is 4.79 Å². The van der Waals surface area contributed by atoms with E-state index < -0.39 is 0 Å². The number of anilines is 1. The molecule has 0 fully saturated rings. The Morgan fingerprint density at radius 3 is 2.46 bits per heavy atom. The Kier molecular flexibility index (Phi) is 2.65. The lowest BCUT2D eigenvalue weighted by molar-refractivity contribution is 0.696. The zero-order valence-corrected chi connectivity index (χ0v) is 8.33. The van der Waals surface area contributed by atoms with Gasteiger partial charge in [-0.3, -0.25) is 9.36 Å². The van der Waals surface area contributed by atoms with E-state index in [0.717, 1.165) is 0 Å². The molecule has 0 saturated heterocycles. The van der Waals surface area contributed by atoms with Crippen molar-refractivity contribution in [1.29, 1.82) is 0 Å². The van der Waals surface area contributed by atoms with Crippen LogP contribution in [-0.2, 0) is 7.05 Å². The summed E-state index contributed by atoms with van der Waals surface area (Å²) >= 11 is 0. The fraction of sp³-hybridized carbons (Fsp3) is 0.625. The highest BCUT2D eigenvalue weighted by molar-refractivity contribution is 5.22. The van der Waals surface area contributed by atoms with Crippen LogP contribution in [0.5, 0.6) is 0 Å². The maximum atomic E-state index is 11.6. The monoisotopic (exact) mass is 182 g/mol. The third-order valence-corrected chi connectivity index (χ3v) is 1.86. The van der Waals surface area contributed by atoms with Gasteiger partial charge in [0.15, 0.2) is 0 Å². The van der Waals surface area contributed by atoms with Gasteiger partial charge in [-0.2, -0.15) is 0 Å². The molecule has 1 rings (SSSR count). The first-order chi connectivity index (χ1) is 6.07. The van der Waals surface area contributed by atoms with E-state index in [4.69, 9.17) is 0 Å².